The zero-order valence-corrected chi connectivity index (χ0v) is 12.3. The lowest BCUT2D eigenvalue weighted by molar-refractivity contribution is 0.327. The molecular weight excluding hydrogens is 238 g/mol. The Morgan fingerprint density at radius 2 is 2.00 bits per heavy atom. The van der Waals surface area contributed by atoms with E-state index in [0.717, 1.165) is 11.5 Å². The van der Waals surface area contributed by atoms with Gasteiger partial charge in [0.2, 0.25) is 0 Å². The van der Waals surface area contributed by atoms with Crippen molar-refractivity contribution in [3.63, 3.8) is 0 Å². The van der Waals surface area contributed by atoms with Gasteiger partial charge < -0.3 is 14.4 Å². The van der Waals surface area contributed by atoms with Crippen molar-refractivity contribution in [3.8, 4) is 11.5 Å². The van der Waals surface area contributed by atoms with E-state index in [1.54, 1.807) is 14.2 Å². The van der Waals surface area contributed by atoms with Gasteiger partial charge in [0.15, 0.2) is 11.5 Å². The Morgan fingerprint density at radius 1 is 1.21 bits per heavy atom. The van der Waals surface area contributed by atoms with Gasteiger partial charge in [0.05, 0.1) is 14.2 Å². The first-order valence-corrected chi connectivity index (χ1v) is 7.22. The largest absolute Gasteiger partial charge is 0.493 e. The molecule has 0 radical (unpaired) electrons. The predicted molar refractivity (Wildman–Crippen MR) is 78.3 cm³/mol. The minimum Gasteiger partial charge on any atom is -0.493 e. The van der Waals surface area contributed by atoms with Gasteiger partial charge in [0, 0.05) is 6.54 Å². The van der Waals surface area contributed by atoms with Gasteiger partial charge in [-0.2, -0.15) is 0 Å². The Labute approximate surface area is 116 Å². The fourth-order valence-corrected chi connectivity index (χ4v) is 2.80. The van der Waals surface area contributed by atoms with Crippen molar-refractivity contribution in [2.45, 2.75) is 32.1 Å². The molecular formula is C16H25NO2. The van der Waals surface area contributed by atoms with Crippen molar-refractivity contribution in [1.29, 1.82) is 0 Å². The third kappa shape index (κ3) is 3.41. The molecule has 0 aliphatic carbocycles. The Hall–Kier alpha value is -1.22. The zero-order chi connectivity index (χ0) is 13.7. The normalized spacial score (nSPS) is 19.6. The van der Waals surface area contributed by atoms with Gasteiger partial charge in [0.1, 0.15) is 0 Å². The molecule has 3 nitrogen and oxygen atoms in total. The molecule has 1 aliphatic heterocycles. The molecule has 106 valence electrons. The maximum absolute atomic E-state index is 5.39. The highest BCUT2D eigenvalue weighted by Crippen LogP contribution is 2.34. The number of ether oxygens (including phenoxy) is 2. The molecule has 1 aromatic carbocycles. The highest BCUT2D eigenvalue weighted by Gasteiger charge is 2.24. The first-order chi connectivity index (χ1) is 9.28. The quantitative estimate of drug-likeness (QED) is 0.786. The second-order valence-corrected chi connectivity index (χ2v) is 5.25. The van der Waals surface area contributed by atoms with Crippen LogP contribution in [0, 0.1) is 0 Å². The van der Waals surface area contributed by atoms with Crippen molar-refractivity contribution in [3.05, 3.63) is 23.8 Å². The SMILES string of the molecule is CCCCN1CCC(c2ccc(OC)c(OC)c2)C1. The third-order valence-corrected chi connectivity index (χ3v) is 3.98. The molecule has 1 aromatic rings. The van der Waals surface area contributed by atoms with E-state index in [1.165, 1.54) is 44.5 Å². The minimum atomic E-state index is 0.636. The molecule has 0 aromatic heterocycles. The first kappa shape index (κ1) is 14.2. The number of rotatable bonds is 6. The molecule has 0 amide bonds. The van der Waals surface area contributed by atoms with Crippen LogP contribution in [-0.2, 0) is 0 Å². The topological polar surface area (TPSA) is 21.7 Å². The van der Waals surface area contributed by atoms with Crippen molar-refractivity contribution >= 4 is 0 Å². The van der Waals surface area contributed by atoms with Crippen LogP contribution in [-0.4, -0.2) is 38.8 Å². The lowest BCUT2D eigenvalue weighted by atomic mass is 9.98. The van der Waals surface area contributed by atoms with E-state index in [1.807, 2.05) is 6.07 Å². The average molecular weight is 263 g/mol. The molecule has 0 N–H and O–H groups in total. The summed E-state index contributed by atoms with van der Waals surface area (Å²) in [6.07, 6.45) is 3.83. The highest BCUT2D eigenvalue weighted by atomic mass is 16.5. The summed E-state index contributed by atoms with van der Waals surface area (Å²) in [5.74, 6) is 2.29. The van der Waals surface area contributed by atoms with Crippen molar-refractivity contribution in [2.75, 3.05) is 33.9 Å². The molecule has 0 bridgehead atoms. The first-order valence-electron chi connectivity index (χ1n) is 7.22. The lowest BCUT2D eigenvalue weighted by Gasteiger charge is -2.16. The second-order valence-electron chi connectivity index (χ2n) is 5.25. The van der Waals surface area contributed by atoms with Gasteiger partial charge in [-0.15, -0.1) is 0 Å². The summed E-state index contributed by atoms with van der Waals surface area (Å²) in [5.41, 5.74) is 1.37. The van der Waals surface area contributed by atoms with Crippen LogP contribution < -0.4 is 9.47 Å². The molecule has 3 heteroatoms. The van der Waals surface area contributed by atoms with E-state index in [4.69, 9.17) is 9.47 Å². The molecule has 1 saturated heterocycles. The summed E-state index contributed by atoms with van der Waals surface area (Å²) in [6.45, 7) is 5.89. The molecule has 1 atom stereocenters. The predicted octanol–water partition coefficient (Wildman–Crippen LogP) is 3.29. The van der Waals surface area contributed by atoms with Crippen LogP contribution in [0.1, 0.15) is 37.7 Å². The van der Waals surface area contributed by atoms with Gasteiger partial charge >= 0.3 is 0 Å². The molecule has 1 fully saturated rings. The van der Waals surface area contributed by atoms with Crippen LogP contribution >= 0.6 is 0 Å². The number of benzene rings is 1. The van der Waals surface area contributed by atoms with Crippen molar-refractivity contribution < 1.29 is 9.47 Å². The van der Waals surface area contributed by atoms with E-state index in [2.05, 4.69) is 24.0 Å². The minimum absolute atomic E-state index is 0.636. The van der Waals surface area contributed by atoms with Crippen LogP contribution in [0.25, 0.3) is 0 Å². The summed E-state index contributed by atoms with van der Waals surface area (Å²) >= 11 is 0. The van der Waals surface area contributed by atoms with Crippen molar-refractivity contribution in [2.24, 2.45) is 0 Å². The fraction of sp³-hybridized carbons (Fsp3) is 0.625. The fourth-order valence-electron chi connectivity index (χ4n) is 2.80. The monoisotopic (exact) mass is 263 g/mol. The number of nitrogens with zero attached hydrogens (tertiary/aromatic N) is 1. The summed E-state index contributed by atoms with van der Waals surface area (Å²) in [5, 5.41) is 0. The average Bonchev–Trinajstić information content (AvgIpc) is 2.93. The molecule has 19 heavy (non-hydrogen) atoms. The van der Waals surface area contributed by atoms with E-state index >= 15 is 0 Å². The Morgan fingerprint density at radius 3 is 2.68 bits per heavy atom. The summed E-state index contributed by atoms with van der Waals surface area (Å²) in [7, 11) is 3.38. The molecule has 1 unspecified atom stereocenters. The molecule has 0 spiro atoms. The number of hydrogen-bond acceptors (Lipinski definition) is 3. The van der Waals surface area contributed by atoms with Crippen LogP contribution in [0.15, 0.2) is 18.2 Å². The molecule has 2 rings (SSSR count). The van der Waals surface area contributed by atoms with Crippen LogP contribution in [0.5, 0.6) is 11.5 Å². The molecule has 1 heterocycles. The van der Waals surface area contributed by atoms with Crippen molar-refractivity contribution in [1.82, 2.24) is 4.90 Å². The third-order valence-electron chi connectivity index (χ3n) is 3.98. The summed E-state index contributed by atoms with van der Waals surface area (Å²) in [4.78, 5) is 2.57. The van der Waals surface area contributed by atoms with Crippen LogP contribution in [0.2, 0.25) is 0 Å². The van der Waals surface area contributed by atoms with Gasteiger partial charge in [0.25, 0.3) is 0 Å². The van der Waals surface area contributed by atoms with Gasteiger partial charge in [-0.25, -0.2) is 0 Å². The summed E-state index contributed by atoms with van der Waals surface area (Å²) in [6, 6.07) is 6.32. The Balaban J connectivity index is 2.03. The summed E-state index contributed by atoms with van der Waals surface area (Å²) < 4.78 is 10.7. The molecule has 0 saturated carbocycles. The maximum atomic E-state index is 5.39. The number of likely N-dealkylation sites (tertiary alicyclic amines) is 1. The molecule has 1 aliphatic rings. The smallest absolute Gasteiger partial charge is 0.160 e. The van der Waals surface area contributed by atoms with Gasteiger partial charge in [-0.05, 0) is 49.5 Å². The van der Waals surface area contributed by atoms with E-state index in [0.29, 0.717) is 5.92 Å². The number of methoxy groups -OCH3 is 2. The zero-order valence-electron chi connectivity index (χ0n) is 12.3. The van der Waals surface area contributed by atoms with Gasteiger partial charge in [-0.1, -0.05) is 19.4 Å². The van der Waals surface area contributed by atoms with Crippen LogP contribution in [0.4, 0.5) is 0 Å². The standard InChI is InChI=1S/C16H25NO2/c1-4-5-9-17-10-8-14(12-17)13-6-7-15(18-2)16(11-13)19-3/h6-7,11,14H,4-5,8-10,12H2,1-3H3. The van der Waals surface area contributed by atoms with Gasteiger partial charge in [-0.3, -0.25) is 0 Å². The number of hydrogen-bond donors (Lipinski definition) is 0. The Bertz CT molecular complexity index is 406. The van der Waals surface area contributed by atoms with Crippen LogP contribution in [0.3, 0.4) is 0 Å². The van der Waals surface area contributed by atoms with E-state index in [9.17, 15) is 0 Å². The number of unbranched alkanes of at least 4 members (excludes halogenated alkanes) is 1. The maximum Gasteiger partial charge on any atom is 0.160 e. The van der Waals surface area contributed by atoms with E-state index in [-0.39, 0.29) is 0 Å². The second kappa shape index (κ2) is 6.80. The Kier molecular flexibility index (Phi) is 5.08. The highest BCUT2D eigenvalue weighted by molar-refractivity contribution is 5.44. The van der Waals surface area contributed by atoms with E-state index < -0.39 is 0 Å². The lowest BCUT2D eigenvalue weighted by Crippen LogP contribution is -2.21.